The molecule has 4 nitrogen and oxygen atoms in total. The Morgan fingerprint density at radius 2 is 1.14 bits per heavy atom. The molecule has 0 fully saturated rings. The standard InChI is InChI=1S/C9H5F6IO4S2/c10-8(11,12)21(17,18)7(22(19,20)9(13,14)15)16-6-4-2-1-3-5-6/h1-5H. The predicted molar refractivity (Wildman–Crippen MR) is 74.1 cm³/mol. The minimum absolute atomic E-state index is 0.225. The summed E-state index contributed by atoms with van der Waals surface area (Å²) in [5.41, 5.74) is -12.3. The minimum atomic E-state index is -6.62. The fraction of sp³-hybridized carbons (Fsp3) is 0.222. The first-order valence-electron chi connectivity index (χ1n) is 4.91. The Kier molecular flexibility index (Phi) is 5.34. The quantitative estimate of drug-likeness (QED) is 0.491. The molecule has 0 spiro atoms. The lowest BCUT2D eigenvalue weighted by Gasteiger charge is -2.13. The van der Waals surface area contributed by atoms with Crippen LogP contribution < -0.4 is 0 Å². The second kappa shape index (κ2) is 6.07. The van der Waals surface area contributed by atoms with Crippen LogP contribution >= 0.6 is 20.7 Å². The van der Waals surface area contributed by atoms with Crippen LogP contribution in [0.1, 0.15) is 0 Å². The highest BCUT2D eigenvalue weighted by Crippen LogP contribution is 2.36. The molecular weight excluding hydrogens is 477 g/mol. The van der Waals surface area contributed by atoms with Gasteiger partial charge < -0.3 is 0 Å². The molecule has 1 aromatic rings. The Morgan fingerprint density at radius 3 is 1.45 bits per heavy atom. The smallest absolute Gasteiger partial charge is 0.213 e. The van der Waals surface area contributed by atoms with Crippen LogP contribution in [0.5, 0.6) is 0 Å². The molecule has 1 aromatic carbocycles. The van der Waals surface area contributed by atoms with E-state index in [9.17, 15) is 43.2 Å². The van der Waals surface area contributed by atoms with Gasteiger partial charge in [0, 0.05) is 3.57 Å². The van der Waals surface area contributed by atoms with Gasteiger partial charge in [-0.25, -0.2) is 16.8 Å². The maximum atomic E-state index is 12.5. The monoisotopic (exact) mass is 482 g/mol. The molecule has 0 atom stereocenters. The van der Waals surface area contributed by atoms with Crippen molar-refractivity contribution in [3.8, 4) is 0 Å². The van der Waals surface area contributed by atoms with Crippen molar-refractivity contribution < 1.29 is 43.2 Å². The number of rotatable bonds is 3. The summed E-state index contributed by atoms with van der Waals surface area (Å²) in [4.78, 5) is 0. The number of alkyl halides is 6. The van der Waals surface area contributed by atoms with Gasteiger partial charge in [0.15, 0.2) is 0 Å². The lowest BCUT2D eigenvalue weighted by Crippen LogP contribution is -2.40. The third-order valence-corrected chi connectivity index (χ3v) is 11.6. The normalized spacial score (nSPS) is 13.9. The van der Waals surface area contributed by atoms with E-state index >= 15 is 0 Å². The van der Waals surface area contributed by atoms with Crippen molar-refractivity contribution in [2.24, 2.45) is 0 Å². The molecule has 0 saturated heterocycles. The van der Waals surface area contributed by atoms with E-state index in [1.165, 1.54) is 18.2 Å². The zero-order valence-electron chi connectivity index (χ0n) is 9.98. The molecule has 0 aliphatic carbocycles. The molecule has 13 heteroatoms. The van der Waals surface area contributed by atoms with Crippen LogP contribution in [-0.4, -0.2) is 30.0 Å². The second-order valence-electron chi connectivity index (χ2n) is 3.53. The maximum absolute atomic E-state index is 12.5. The van der Waals surface area contributed by atoms with Crippen LogP contribution in [0, 0.1) is 3.57 Å². The van der Waals surface area contributed by atoms with Crippen LogP contribution in [0.15, 0.2) is 30.3 Å². The number of hydrogen-bond donors (Lipinski definition) is 0. The van der Waals surface area contributed by atoms with E-state index in [2.05, 4.69) is 0 Å². The Hall–Kier alpha value is -0.700. The van der Waals surface area contributed by atoms with Crippen molar-refractivity contribution in [3.63, 3.8) is 0 Å². The van der Waals surface area contributed by atoms with Gasteiger partial charge >= 0.3 is 11.0 Å². The van der Waals surface area contributed by atoms with Crippen molar-refractivity contribution in [2.75, 3.05) is 0 Å². The molecule has 0 N–H and O–H groups in total. The van der Waals surface area contributed by atoms with Crippen LogP contribution in [0.4, 0.5) is 26.3 Å². The average Bonchev–Trinajstić information content (AvgIpc) is 2.34. The van der Waals surface area contributed by atoms with Gasteiger partial charge in [-0.2, -0.15) is 26.3 Å². The number of sulfone groups is 2. The number of hydrogen-bond acceptors (Lipinski definition) is 4. The molecule has 0 unspecified atom stereocenters. The van der Waals surface area contributed by atoms with Gasteiger partial charge in [0.05, 0.1) is 0 Å². The Bertz CT molecular complexity index is 732. The number of benzene rings is 1. The number of halogens is 7. The highest BCUT2D eigenvalue weighted by atomic mass is 127. The third-order valence-electron chi connectivity index (χ3n) is 1.95. The average molecular weight is 482 g/mol. The fourth-order valence-electron chi connectivity index (χ4n) is 0.995. The molecule has 0 radical (unpaired) electrons. The predicted octanol–water partition coefficient (Wildman–Crippen LogP) is 2.78. The zero-order valence-corrected chi connectivity index (χ0v) is 13.8. The van der Waals surface area contributed by atoms with E-state index in [1.54, 1.807) is 0 Å². The summed E-state index contributed by atoms with van der Waals surface area (Å²) in [6.07, 6.45) is 0. The van der Waals surface area contributed by atoms with E-state index in [0.29, 0.717) is 0 Å². The summed E-state index contributed by atoms with van der Waals surface area (Å²) in [7, 11) is -13.2. The fourth-order valence-corrected chi connectivity index (χ4v) is 9.00. The summed E-state index contributed by atoms with van der Waals surface area (Å²) in [5, 5.41) is 0. The molecule has 0 heterocycles. The van der Waals surface area contributed by atoms with Crippen LogP contribution in [0.3, 0.4) is 0 Å². The summed E-state index contributed by atoms with van der Waals surface area (Å²) in [5.74, 6) is 0. The van der Waals surface area contributed by atoms with E-state index in [0.717, 1.165) is 12.1 Å². The second-order valence-corrected chi connectivity index (χ2v) is 11.9. The first-order valence-corrected chi connectivity index (χ1v) is 10.0. The van der Waals surface area contributed by atoms with Crippen molar-refractivity contribution in [1.29, 1.82) is 0 Å². The maximum Gasteiger partial charge on any atom is 0.503 e. The van der Waals surface area contributed by atoms with Crippen LogP contribution in [-0.2, 0) is 19.7 Å². The van der Waals surface area contributed by atoms with E-state index < -0.39 is 53.6 Å². The Labute approximate surface area is 130 Å². The summed E-state index contributed by atoms with van der Waals surface area (Å²) in [6, 6.07) is 5.93. The molecule has 0 amide bonds. The third kappa shape index (κ3) is 3.79. The van der Waals surface area contributed by atoms with Gasteiger partial charge in [0.1, 0.15) is 0 Å². The molecule has 0 saturated carbocycles. The molecular formula is C9H5F6IO4S2. The van der Waals surface area contributed by atoms with Gasteiger partial charge in [0.25, 0.3) is 19.7 Å². The highest BCUT2D eigenvalue weighted by molar-refractivity contribution is 14.2. The van der Waals surface area contributed by atoms with Crippen LogP contribution in [0.2, 0.25) is 0 Å². The van der Waals surface area contributed by atoms with Gasteiger partial charge in [0.2, 0.25) is 2.17 Å². The lowest BCUT2D eigenvalue weighted by molar-refractivity contribution is -0.0426. The molecule has 0 bridgehead atoms. The van der Waals surface area contributed by atoms with Crippen LogP contribution in [0.25, 0.3) is 0 Å². The van der Waals surface area contributed by atoms with Crippen molar-refractivity contribution in [3.05, 3.63) is 33.9 Å². The first kappa shape index (κ1) is 19.3. The largest absolute Gasteiger partial charge is 0.503 e. The SMILES string of the molecule is O=S(=O)(C(=Ic1ccccc1)S(=O)(=O)C(F)(F)F)C(F)(F)F. The lowest BCUT2D eigenvalue weighted by atomic mass is 10.4. The van der Waals surface area contributed by atoms with Crippen molar-refractivity contribution in [1.82, 2.24) is 0 Å². The van der Waals surface area contributed by atoms with Gasteiger partial charge in [-0.1, -0.05) is 38.9 Å². The summed E-state index contributed by atoms with van der Waals surface area (Å²) >= 11 is -2.75. The highest BCUT2D eigenvalue weighted by Gasteiger charge is 2.60. The van der Waals surface area contributed by atoms with Crippen molar-refractivity contribution >= 4 is 42.6 Å². The molecule has 126 valence electrons. The Morgan fingerprint density at radius 1 is 0.773 bits per heavy atom. The summed E-state index contributed by atoms with van der Waals surface area (Å²) in [6.45, 7) is 0. The topological polar surface area (TPSA) is 68.3 Å². The molecule has 0 aliphatic rings. The molecule has 1 rings (SSSR count). The van der Waals surface area contributed by atoms with E-state index in [1.807, 2.05) is 0 Å². The first-order chi connectivity index (χ1) is 9.71. The van der Waals surface area contributed by atoms with Gasteiger partial charge in [-0.3, -0.25) is 0 Å². The summed E-state index contributed by atoms with van der Waals surface area (Å²) < 4.78 is 117. The molecule has 0 aliphatic heterocycles. The van der Waals surface area contributed by atoms with E-state index in [4.69, 9.17) is 0 Å². The minimum Gasteiger partial charge on any atom is -0.213 e. The van der Waals surface area contributed by atoms with E-state index in [-0.39, 0.29) is 3.57 Å². The Balaban J connectivity index is 3.75. The molecule has 0 aromatic heterocycles. The van der Waals surface area contributed by atoms with Gasteiger partial charge in [-0.05, 0) is 12.1 Å². The van der Waals surface area contributed by atoms with Crippen molar-refractivity contribution in [2.45, 2.75) is 11.0 Å². The molecule has 22 heavy (non-hydrogen) atoms. The van der Waals surface area contributed by atoms with Gasteiger partial charge in [-0.15, -0.1) is 0 Å². The zero-order chi connectivity index (χ0) is 17.4.